The van der Waals surface area contributed by atoms with Crippen LogP contribution in [0.25, 0.3) is 10.9 Å². The van der Waals surface area contributed by atoms with Gasteiger partial charge in [0.2, 0.25) is 10.0 Å². The van der Waals surface area contributed by atoms with Crippen LogP contribution in [0.1, 0.15) is 13.3 Å². The molecule has 1 aromatic heterocycles. The Morgan fingerprint density at radius 1 is 1.27 bits per heavy atom. The summed E-state index contributed by atoms with van der Waals surface area (Å²) in [7, 11) is -3.62. The molecule has 0 unspecified atom stereocenters. The van der Waals surface area contributed by atoms with Gasteiger partial charge in [0.25, 0.3) is 0 Å². The van der Waals surface area contributed by atoms with Crippen LogP contribution >= 0.6 is 0 Å². The van der Waals surface area contributed by atoms with E-state index in [-0.39, 0.29) is 4.90 Å². The molecule has 0 bridgehead atoms. The zero-order valence-electron chi connectivity index (χ0n) is 15.1. The quantitative estimate of drug-likeness (QED) is 0.753. The van der Waals surface area contributed by atoms with Crippen molar-refractivity contribution < 1.29 is 13.2 Å². The lowest BCUT2D eigenvalue weighted by atomic mass is 10.2. The van der Waals surface area contributed by atoms with Gasteiger partial charge in [-0.15, -0.1) is 0 Å². The summed E-state index contributed by atoms with van der Waals surface area (Å²) in [5, 5.41) is 3.92. The highest BCUT2D eigenvalue weighted by atomic mass is 32.2. The predicted molar refractivity (Wildman–Crippen MR) is 102 cm³/mol. The fourth-order valence-corrected chi connectivity index (χ4v) is 4.38. The van der Waals surface area contributed by atoms with E-state index < -0.39 is 10.0 Å². The number of benzene rings is 1. The molecular weight excluding hydrogens is 352 g/mol. The molecule has 7 nitrogen and oxygen atoms in total. The number of hydrogen-bond donors (Lipinski definition) is 2. The number of aromatic nitrogens is 1. The lowest BCUT2D eigenvalue weighted by Gasteiger charge is -2.19. The van der Waals surface area contributed by atoms with Crippen LogP contribution in [0.2, 0.25) is 0 Å². The minimum Gasteiger partial charge on any atom is -0.492 e. The first kappa shape index (κ1) is 19.0. The molecule has 0 radical (unpaired) electrons. The molecule has 1 fully saturated rings. The van der Waals surface area contributed by atoms with Gasteiger partial charge < -0.3 is 15.0 Å². The van der Waals surface area contributed by atoms with Crippen molar-refractivity contribution in [2.24, 2.45) is 0 Å². The van der Waals surface area contributed by atoms with Gasteiger partial charge in [-0.1, -0.05) is 0 Å². The highest BCUT2D eigenvalue weighted by Crippen LogP contribution is 2.29. The van der Waals surface area contributed by atoms with Gasteiger partial charge in [0.05, 0.1) is 11.5 Å². The lowest BCUT2D eigenvalue weighted by molar-refractivity contribution is 0.297. The maximum Gasteiger partial charge on any atom is 0.241 e. The van der Waals surface area contributed by atoms with Crippen LogP contribution in [0.15, 0.2) is 35.4 Å². The average molecular weight is 378 g/mol. The zero-order chi connectivity index (χ0) is 18.4. The first-order valence-electron chi connectivity index (χ1n) is 9.05. The molecule has 2 aromatic rings. The fourth-order valence-electron chi connectivity index (χ4n) is 3.17. The summed E-state index contributed by atoms with van der Waals surface area (Å²) >= 11 is 0. The molecular formula is C18H26N4O3S. The van der Waals surface area contributed by atoms with Crippen LogP contribution in [0.3, 0.4) is 0 Å². The molecule has 0 spiro atoms. The number of ether oxygens (including phenoxy) is 1. The summed E-state index contributed by atoms with van der Waals surface area (Å²) in [5.74, 6) is 0.596. The third-order valence-corrected chi connectivity index (χ3v) is 5.95. The van der Waals surface area contributed by atoms with Crippen molar-refractivity contribution in [1.29, 1.82) is 0 Å². The van der Waals surface area contributed by atoms with Gasteiger partial charge in [-0.3, -0.25) is 4.98 Å². The van der Waals surface area contributed by atoms with Gasteiger partial charge in [-0.2, -0.15) is 0 Å². The summed E-state index contributed by atoms with van der Waals surface area (Å²) in [4.78, 5) is 6.82. The number of pyridine rings is 1. The Labute approximate surface area is 154 Å². The Kier molecular flexibility index (Phi) is 6.42. The van der Waals surface area contributed by atoms with Gasteiger partial charge in [0.15, 0.2) is 0 Å². The first-order valence-corrected chi connectivity index (χ1v) is 10.5. The van der Waals surface area contributed by atoms with Gasteiger partial charge in [0.1, 0.15) is 11.3 Å². The summed E-state index contributed by atoms with van der Waals surface area (Å²) < 4.78 is 33.9. The molecule has 26 heavy (non-hydrogen) atoms. The Hall–Kier alpha value is -1.74. The standard InChI is InChI=1S/C18H26N4O3S/c1-2-25-16-6-7-17(15-5-3-9-20-18(15)16)26(23,24)21-11-14-22-12-4-8-19-10-13-22/h3,5-7,9,19,21H,2,4,8,10-14H2,1H3. The largest absolute Gasteiger partial charge is 0.492 e. The number of sulfonamides is 1. The van der Waals surface area contributed by atoms with Crippen LogP contribution in [-0.2, 0) is 10.0 Å². The molecule has 1 aromatic carbocycles. The Bertz CT molecular complexity index is 833. The Morgan fingerprint density at radius 2 is 2.15 bits per heavy atom. The molecule has 0 saturated carbocycles. The second-order valence-electron chi connectivity index (χ2n) is 6.24. The zero-order valence-corrected chi connectivity index (χ0v) is 15.9. The molecule has 0 aliphatic carbocycles. The van der Waals surface area contributed by atoms with Crippen molar-refractivity contribution in [1.82, 2.24) is 19.9 Å². The van der Waals surface area contributed by atoms with Crippen molar-refractivity contribution in [3.8, 4) is 5.75 Å². The van der Waals surface area contributed by atoms with Gasteiger partial charge in [-0.25, -0.2) is 13.1 Å². The molecule has 0 atom stereocenters. The molecule has 142 valence electrons. The van der Waals surface area contributed by atoms with Gasteiger partial charge in [-0.05, 0) is 50.7 Å². The lowest BCUT2D eigenvalue weighted by Crippen LogP contribution is -2.36. The van der Waals surface area contributed by atoms with Gasteiger partial charge >= 0.3 is 0 Å². The van der Waals surface area contributed by atoms with Crippen molar-refractivity contribution in [2.45, 2.75) is 18.2 Å². The molecule has 2 N–H and O–H groups in total. The van der Waals surface area contributed by atoms with E-state index in [4.69, 9.17) is 4.74 Å². The predicted octanol–water partition coefficient (Wildman–Crippen LogP) is 1.21. The van der Waals surface area contributed by atoms with Crippen LogP contribution in [-0.4, -0.2) is 64.2 Å². The highest BCUT2D eigenvalue weighted by Gasteiger charge is 2.20. The topological polar surface area (TPSA) is 83.6 Å². The fraction of sp³-hybridized carbons (Fsp3) is 0.500. The van der Waals surface area contributed by atoms with E-state index in [0.717, 1.165) is 32.6 Å². The second kappa shape index (κ2) is 8.77. The minimum absolute atomic E-state index is 0.238. The van der Waals surface area contributed by atoms with Crippen LogP contribution in [0.5, 0.6) is 5.75 Å². The smallest absolute Gasteiger partial charge is 0.241 e. The van der Waals surface area contributed by atoms with E-state index in [1.807, 2.05) is 6.92 Å². The van der Waals surface area contributed by atoms with Crippen LogP contribution < -0.4 is 14.8 Å². The number of nitrogens with zero attached hydrogens (tertiary/aromatic N) is 2. The Morgan fingerprint density at radius 3 is 3.00 bits per heavy atom. The molecule has 8 heteroatoms. The molecule has 3 rings (SSSR count). The monoisotopic (exact) mass is 378 g/mol. The number of nitrogens with one attached hydrogen (secondary N) is 2. The summed E-state index contributed by atoms with van der Waals surface area (Å²) in [6.07, 6.45) is 2.73. The first-order chi connectivity index (χ1) is 12.6. The number of hydrogen-bond acceptors (Lipinski definition) is 6. The van der Waals surface area contributed by atoms with E-state index in [0.29, 0.717) is 36.3 Å². The van der Waals surface area contributed by atoms with Crippen molar-refractivity contribution in [3.05, 3.63) is 30.5 Å². The molecule has 1 saturated heterocycles. The molecule has 1 aliphatic rings. The van der Waals surface area contributed by atoms with E-state index >= 15 is 0 Å². The number of rotatable bonds is 7. The van der Waals surface area contributed by atoms with Crippen LogP contribution in [0.4, 0.5) is 0 Å². The van der Waals surface area contributed by atoms with Crippen molar-refractivity contribution in [3.63, 3.8) is 0 Å². The summed E-state index contributed by atoms with van der Waals surface area (Å²) in [5.41, 5.74) is 0.566. The maximum absolute atomic E-state index is 12.8. The molecule has 0 amide bonds. The SMILES string of the molecule is CCOc1ccc(S(=O)(=O)NCCN2CCCNCC2)c2cccnc12. The molecule has 2 heterocycles. The van der Waals surface area contributed by atoms with E-state index in [9.17, 15) is 8.42 Å². The summed E-state index contributed by atoms with van der Waals surface area (Å²) in [6, 6.07) is 6.77. The second-order valence-corrected chi connectivity index (χ2v) is 7.97. The van der Waals surface area contributed by atoms with Crippen molar-refractivity contribution in [2.75, 3.05) is 45.9 Å². The summed E-state index contributed by atoms with van der Waals surface area (Å²) in [6.45, 7) is 7.38. The van der Waals surface area contributed by atoms with E-state index in [2.05, 4.69) is 19.9 Å². The van der Waals surface area contributed by atoms with Gasteiger partial charge in [0, 0.05) is 37.8 Å². The Balaban J connectivity index is 1.75. The third kappa shape index (κ3) is 4.50. The minimum atomic E-state index is -3.62. The van der Waals surface area contributed by atoms with E-state index in [1.54, 1.807) is 30.5 Å². The average Bonchev–Trinajstić information content (AvgIpc) is 2.91. The normalized spacial score (nSPS) is 16.5. The highest BCUT2D eigenvalue weighted by molar-refractivity contribution is 7.89. The number of fused-ring (bicyclic) bond motifs is 1. The van der Waals surface area contributed by atoms with E-state index in [1.165, 1.54) is 0 Å². The molecule has 1 aliphatic heterocycles. The van der Waals surface area contributed by atoms with Crippen LogP contribution in [0, 0.1) is 0 Å². The maximum atomic E-state index is 12.8. The van der Waals surface area contributed by atoms with Crippen molar-refractivity contribution >= 4 is 20.9 Å². The third-order valence-electron chi connectivity index (χ3n) is 4.43.